The number of aromatic nitrogens is 2. The van der Waals surface area contributed by atoms with E-state index in [0.717, 1.165) is 33.9 Å². The van der Waals surface area contributed by atoms with Gasteiger partial charge in [0, 0.05) is 5.39 Å². The van der Waals surface area contributed by atoms with Gasteiger partial charge in [-0.2, -0.15) is 14.1 Å². The van der Waals surface area contributed by atoms with E-state index in [-0.39, 0.29) is 5.17 Å². The van der Waals surface area contributed by atoms with E-state index in [1.165, 1.54) is 0 Å². The lowest BCUT2D eigenvalue weighted by atomic mass is 10.1. The fourth-order valence-electron chi connectivity index (χ4n) is 3.11. The molecule has 3 heterocycles. The number of halogens is 1. The van der Waals surface area contributed by atoms with Crippen molar-refractivity contribution < 1.29 is 0 Å². The van der Waals surface area contributed by atoms with E-state index in [2.05, 4.69) is 14.9 Å². The lowest BCUT2D eigenvalue weighted by molar-refractivity contribution is 1.12. The molecule has 0 bridgehead atoms. The van der Waals surface area contributed by atoms with Crippen LogP contribution in [-0.2, 0) is 0 Å². The van der Waals surface area contributed by atoms with Crippen molar-refractivity contribution in [2.24, 2.45) is 8.80 Å². The Morgan fingerprint density at radius 2 is 1.96 bits per heavy atom. The average molecular weight is 336 g/mol. The summed E-state index contributed by atoms with van der Waals surface area (Å²) in [6.45, 7) is 0. The lowest BCUT2D eigenvalue weighted by Gasteiger charge is -2.07. The second-order valence-electron chi connectivity index (χ2n) is 5.16. The molecule has 0 unspecified atom stereocenters. The number of nitrogens with zero attached hydrogens (tertiary/aromatic N) is 5. The largest absolute Gasteiger partial charge is 0.276 e. The van der Waals surface area contributed by atoms with Crippen LogP contribution < -0.4 is 5.49 Å². The molecule has 0 radical (unpaired) electrons. The highest BCUT2D eigenvalue weighted by Gasteiger charge is 2.24. The molecule has 0 saturated heterocycles. The molecule has 0 spiro atoms. The number of rotatable bonds is 0. The third-order valence-corrected chi connectivity index (χ3v) is 4.91. The number of fused-ring (bicyclic) bond motifs is 4. The topological polar surface area (TPSA) is 65.8 Å². The molecule has 2 aromatic heterocycles. The van der Waals surface area contributed by atoms with Crippen LogP contribution >= 0.6 is 23.7 Å². The molecule has 5 nitrogen and oxygen atoms in total. The summed E-state index contributed by atoms with van der Waals surface area (Å²) in [6.07, 6.45) is 0. The van der Waals surface area contributed by atoms with Crippen LogP contribution in [0.3, 0.4) is 0 Å². The molecular weight excluding hydrogens is 330 g/mol. The van der Waals surface area contributed by atoms with Crippen LogP contribution in [0.4, 0.5) is 0 Å². The first-order valence-electron chi connectivity index (χ1n) is 6.83. The SMILES string of the molecule is N#Cc1c2c(n3c1nc1cccc4cccc3c41)=NSN=C2Cl. The Balaban J connectivity index is 2.19. The molecular formula is C16H6ClN5S. The van der Waals surface area contributed by atoms with Crippen LogP contribution in [0.15, 0.2) is 45.2 Å². The first-order valence-corrected chi connectivity index (χ1v) is 7.94. The minimum Gasteiger partial charge on any atom is -0.276 e. The van der Waals surface area contributed by atoms with E-state index in [4.69, 9.17) is 16.6 Å². The molecule has 2 aromatic carbocycles. The van der Waals surface area contributed by atoms with Crippen molar-refractivity contribution in [1.82, 2.24) is 9.38 Å². The molecule has 0 atom stereocenters. The van der Waals surface area contributed by atoms with Gasteiger partial charge in [0.25, 0.3) is 0 Å². The van der Waals surface area contributed by atoms with Gasteiger partial charge in [0.05, 0.1) is 16.6 Å². The van der Waals surface area contributed by atoms with Gasteiger partial charge in [0.1, 0.15) is 23.8 Å². The molecule has 5 rings (SSSR count). The van der Waals surface area contributed by atoms with Gasteiger partial charge in [-0.1, -0.05) is 35.9 Å². The normalized spacial score (nSPS) is 13.8. The number of nitriles is 1. The van der Waals surface area contributed by atoms with Gasteiger partial charge in [0.15, 0.2) is 16.3 Å². The van der Waals surface area contributed by atoms with Crippen LogP contribution in [0.2, 0.25) is 0 Å². The van der Waals surface area contributed by atoms with Crippen LogP contribution in [0.1, 0.15) is 11.1 Å². The summed E-state index contributed by atoms with van der Waals surface area (Å²) < 4.78 is 10.3. The van der Waals surface area contributed by atoms with Gasteiger partial charge in [-0.15, -0.1) is 0 Å². The average Bonchev–Trinajstić information content (AvgIpc) is 2.90. The van der Waals surface area contributed by atoms with Crippen LogP contribution in [-0.4, -0.2) is 14.6 Å². The molecule has 0 amide bonds. The van der Waals surface area contributed by atoms with Gasteiger partial charge in [-0.05, 0) is 17.5 Å². The summed E-state index contributed by atoms with van der Waals surface area (Å²) in [5, 5.41) is 12.0. The highest BCUT2D eigenvalue weighted by molar-refractivity contribution is 7.96. The zero-order chi connectivity index (χ0) is 15.6. The highest BCUT2D eigenvalue weighted by atomic mass is 35.5. The van der Waals surface area contributed by atoms with Crippen molar-refractivity contribution in [2.45, 2.75) is 0 Å². The Kier molecular flexibility index (Phi) is 2.49. The highest BCUT2D eigenvalue weighted by Crippen LogP contribution is 2.29. The smallest absolute Gasteiger partial charge is 0.160 e. The predicted octanol–water partition coefficient (Wildman–Crippen LogP) is 3.41. The summed E-state index contributed by atoms with van der Waals surface area (Å²) in [4.78, 5) is 4.69. The maximum absolute atomic E-state index is 9.61. The van der Waals surface area contributed by atoms with E-state index in [0.29, 0.717) is 22.3 Å². The van der Waals surface area contributed by atoms with Gasteiger partial charge in [0.2, 0.25) is 0 Å². The van der Waals surface area contributed by atoms with Gasteiger partial charge < -0.3 is 0 Å². The van der Waals surface area contributed by atoms with E-state index in [1.54, 1.807) is 0 Å². The Labute approximate surface area is 139 Å². The van der Waals surface area contributed by atoms with E-state index >= 15 is 0 Å². The maximum Gasteiger partial charge on any atom is 0.160 e. The number of hydrogen-bond donors (Lipinski definition) is 0. The maximum atomic E-state index is 9.61. The molecule has 1 aliphatic rings. The van der Waals surface area contributed by atoms with Crippen molar-refractivity contribution in [3.63, 3.8) is 0 Å². The molecule has 1 aliphatic heterocycles. The van der Waals surface area contributed by atoms with E-state index in [9.17, 15) is 5.26 Å². The Morgan fingerprint density at radius 3 is 2.78 bits per heavy atom. The zero-order valence-corrected chi connectivity index (χ0v) is 13.1. The third-order valence-electron chi connectivity index (χ3n) is 4.02. The van der Waals surface area contributed by atoms with Crippen LogP contribution in [0, 0.1) is 11.3 Å². The van der Waals surface area contributed by atoms with Crippen molar-refractivity contribution in [2.75, 3.05) is 0 Å². The van der Waals surface area contributed by atoms with E-state index in [1.807, 2.05) is 40.8 Å². The fraction of sp³-hybridized carbons (Fsp3) is 0. The number of benzene rings is 2. The molecule has 4 aromatic rings. The van der Waals surface area contributed by atoms with Crippen molar-refractivity contribution in [3.8, 4) is 6.07 Å². The fourth-order valence-corrected chi connectivity index (χ4v) is 3.83. The first kappa shape index (κ1) is 12.9. The second kappa shape index (κ2) is 4.44. The van der Waals surface area contributed by atoms with Crippen molar-refractivity contribution >= 4 is 56.4 Å². The minimum absolute atomic E-state index is 0.282. The molecule has 0 saturated carbocycles. The van der Waals surface area contributed by atoms with Crippen molar-refractivity contribution in [1.29, 1.82) is 5.26 Å². The Hall–Kier alpha value is -2.62. The minimum atomic E-state index is 0.282. The summed E-state index contributed by atoms with van der Waals surface area (Å²) in [6, 6.07) is 14.2. The van der Waals surface area contributed by atoms with Crippen molar-refractivity contribution in [3.05, 3.63) is 53.0 Å². The molecule has 23 heavy (non-hydrogen) atoms. The van der Waals surface area contributed by atoms with Gasteiger partial charge in [-0.3, -0.25) is 4.40 Å². The standard InChI is InChI=1S/C16H6ClN5S/c17-14-13-9(7-18)15-19-10-5-1-3-8-4-2-6-11(12(8)10)22(15)16(13)21-23-20-14/h1-6H. The number of hydrogen-bond acceptors (Lipinski definition) is 5. The van der Waals surface area contributed by atoms with Crippen LogP contribution in [0.5, 0.6) is 0 Å². The molecule has 7 heteroatoms. The quantitative estimate of drug-likeness (QED) is 0.462. The lowest BCUT2D eigenvalue weighted by Crippen LogP contribution is -2.18. The Morgan fingerprint density at radius 1 is 1.13 bits per heavy atom. The van der Waals surface area contributed by atoms with Gasteiger partial charge in [-0.25, -0.2) is 4.98 Å². The molecule has 0 N–H and O–H groups in total. The summed E-state index contributed by atoms with van der Waals surface area (Å²) in [5.41, 5.74) is 3.94. The first-order chi connectivity index (χ1) is 11.3. The monoisotopic (exact) mass is 335 g/mol. The van der Waals surface area contributed by atoms with E-state index < -0.39 is 0 Å². The third kappa shape index (κ3) is 1.55. The predicted molar refractivity (Wildman–Crippen MR) is 91.6 cm³/mol. The summed E-state index contributed by atoms with van der Waals surface area (Å²) >= 11 is 7.25. The van der Waals surface area contributed by atoms with Gasteiger partial charge >= 0.3 is 0 Å². The molecule has 0 aliphatic carbocycles. The molecule has 108 valence electrons. The Bertz CT molecular complexity index is 1260. The summed E-state index contributed by atoms with van der Waals surface area (Å²) in [7, 11) is 0. The second-order valence-corrected chi connectivity index (χ2v) is 6.05. The zero-order valence-electron chi connectivity index (χ0n) is 11.5. The van der Waals surface area contributed by atoms with Crippen LogP contribution in [0.25, 0.3) is 27.5 Å². The molecule has 0 fully saturated rings. The summed E-state index contributed by atoms with van der Waals surface area (Å²) in [5.74, 6) is 0.